The standard InChI is InChI=1S/C17H18O2/c1-12-9-14(5-7-16(12)18-3)11-15-6-8-17(19-4)13(2)10-15/h5-10H,1-4H3. The summed E-state index contributed by atoms with van der Waals surface area (Å²) in [6.07, 6.45) is 3.38. The van der Waals surface area contributed by atoms with E-state index in [-0.39, 0.29) is 0 Å². The molecule has 0 saturated carbocycles. The third-order valence-corrected chi connectivity index (χ3v) is 3.08. The van der Waals surface area contributed by atoms with Crippen LogP contribution in [0.1, 0.15) is 22.3 Å². The Morgan fingerprint density at radius 1 is 0.737 bits per heavy atom. The van der Waals surface area contributed by atoms with Crippen molar-refractivity contribution < 1.29 is 9.47 Å². The van der Waals surface area contributed by atoms with Crippen molar-refractivity contribution in [3.63, 3.8) is 0 Å². The molecule has 2 nitrogen and oxygen atoms in total. The van der Waals surface area contributed by atoms with E-state index in [0.29, 0.717) is 0 Å². The molecule has 0 aromatic heterocycles. The maximum Gasteiger partial charge on any atom is 0.121 e. The van der Waals surface area contributed by atoms with Crippen LogP contribution < -0.4 is 9.47 Å². The number of ether oxygens (including phenoxy) is 2. The summed E-state index contributed by atoms with van der Waals surface area (Å²) in [5.41, 5.74) is 4.31. The summed E-state index contributed by atoms with van der Waals surface area (Å²) in [6, 6.07) is 12.1. The van der Waals surface area contributed by atoms with Crippen LogP contribution in [0.5, 0.6) is 11.5 Å². The number of rotatable bonds is 4. The fraction of sp³-hybridized carbons (Fsp3) is 0.235. The number of hydrogen-bond donors (Lipinski definition) is 0. The second-order valence-electron chi connectivity index (χ2n) is 4.49. The van der Waals surface area contributed by atoms with Gasteiger partial charge in [0.1, 0.15) is 11.5 Å². The van der Waals surface area contributed by atoms with Crippen LogP contribution in [0.15, 0.2) is 36.4 Å². The lowest BCUT2D eigenvalue weighted by molar-refractivity contribution is 0.411. The highest BCUT2D eigenvalue weighted by atomic mass is 16.5. The Morgan fingerprint density at radius 2 is 1.16 bits per heavy atom. The Hall–Kier alpha value is -1.96. The minimum absolute atomic E-state index is 0.900. The lowest BCUT2D eigenvalue weighted by Gasteiger charge is -2.09. The van der Waals surface area contributed by atoms with E-state index in [1.54, 1.807) is 14.2 Å². The van der Waals surface area contributed by atoms with Crippen molar-refractivity contribution in [2.75, 3.05) is 14.2 Å². The van der Waals surface area contributed by atoms with Gasteiger partial charge in [0.05, 0.1) is 20.6 Å². The van der Waals surface area contributed by atoms with Crippen molar-refractivity contribution in [2.24, 2.45) is 0 Å². The van der Waals surface area contributed by atoms with Crippen LogP contribution >= 0.6 is 0 Å². The van der Waals surface area contributed by atoms with Crippen molar-refractivity contribution in [1.29, 1.82) is 0 Å². The van der Waals surface area contributed by atoms with Gasteiger partial charge in [-0.15, -0.1) is 0 Å². The van der Waals surface area contributed by atoms with Crippen LogP contribution in [0.4, 0.5) is 0 Å². The summed E-state index contributed by atoms with van der Waals surface area (Å²) in [7, 11) is 3.37. The first-order chi connectivity index (χ1) is 9.13. The molecule has 2 aromatic carbocycles. The first-order valence-corrected chi connectivity index (χ1v) is 6.20. The molecule has 0 spiro atoms. The molecular weight excluding hydrogens is 236 g/mol. The van der Waals surface area contributed by atoms with Gasteiger partial charge in [-0.3, -0.25) is 0 Å². The van der Waals surface area contributed by atoms with Gasteiger partial charge in [-0.25, -0.2) is 0 Å². The fourth-order valence-corrected chi connectivity index (χ4v) is 2.08. The summed E-state index contributed by atoms with van der Waals surface area (Å²) in [6.45, 7) is 4.06. The molecule has 2 heteroatoms. The maximum atomic E-state index is 5.26. The summed E-state index contributed by atoms with van der Waals surface area (Å²) >= 11 is 0. The number of benzene rings is 2. The zero-order valence-electron chi connectivity index (χ0n) is 11.8. The number of aryl methyl sites for hydroxylation is 2. The lowest BCUT2D eigenvalue weighted by atomic mass is 10.0. The fourth-order valence-electron chi connectivity index (χ4n) is 2.08. The minimum Gasteiger partial charge on any atom is -0.496 e. The van der Waals surface area contributed by atoms with Gasteiger partial charge in [0.2, 0.25) is 0 Å². The normalized spacial score (nSPS) is 10.3. The van der Waals surface area contributed by atoms with E-state index in [1.165, 1.54) is 0 Å². The molecule has 0 N–H and O–H groups in total. The Kier molecular flexibility index (Phi) is 4.10. The van der Waals surface area contributed by atoms with Crippen LogP contribution in [0.25, 0.3) is 0 Å². The highest BCUT2D eigenvalue weighted by Gasteiger charge is 2.04. The smallest absolute Gasteiger partial charge is 0.121 e. The van der Waals surface area contributed by atoms with Crippen LogP contribution in [0.3, 0.4) is 0 Å². The second kappa shape index (κ2) is 5.79. The molecule has 0 heterocycles. The minimum atomic E-state index is 0.900. The highest BCUT2D eigenvalue weighted by Crippen LogP contribution is 2.24. The van der Waals surface area contributed by atoms with Crippen LogP contribution in [-0.4, -0.2) is 14.2 Å². The van der Waals surface area contributed by atoms with E-state index in [2.05, 4.69) is 18.6 Å². The van der Waals surface area contributed by atoms with Gasteiger partial charge in [0, 0.05) is 0 Å². The maximum absolute atomic E-state index is 5.26. The Morgan fingerprint density at radius 3 is 1.47 bits per heavy atom. The SMILES string of the molecule is COc1ccc([C]c2ccc(OC)c(C)c2)cc1C. The zero-order chi connectivity index (χ0) is 13.8. The average molecular weight is 254 g/mol. The van der Waals surface area contributed by atoms with E-state index in [9.17, 15) is 0 Å². The van der Waals surface area contributed by atoms with Gasteiger partial charge in [-0.05, 0) is 48.2 Å². The molecule has 0 saturated heterocycles. The molecule has 0 aliphatic rings. The monoisotopic (exact) mass is 254 g/mol. The summed E-state index contributed by atoms with van der Waals surface area (Å²) in [5.74, 6) is 1.80. The van der Waals surface area contributed by atoms with E-state index in [0.717, 1.165) is 33.8 Å². The molecule has 0 aliphatic heterocycles. The largest absolute Gasteiger partial charge is 0.496 e. The predicted molar refractivity (Wildman–Crippen MR) is 76.9 cm³/mol. The molecule has 19 heavy (non-hydrogen) atoms. The molecule has 0 unspecified atom stereocenters. The van der Waals surface area contributed by atoms with Gasteiger partial charge in [-0.2, -0.15) is 0 Å². The molecule has 0 aliphatic carbocycles. The molecule has 2 rings (SSSR count). The Balaban J connectivity index is 2.21. The van der Waals surface area contributed by atoms with E-state index >= 15 is 0 Å². The molecule has 2 radical (unpaired) electrons. The third kappa shape index (κ3) is 3.08. The topological polar surface area (TPSA) is 18.5 Å². The van der Waals surface area contributed by atoms with Crippen LogP contribution in [0.2, 0.25) is 0 Å². The summed E-state index contributed by atoms with van der Waals surface area (Å²) in [5, 5.41) is 0. The van der Waals surface area contributed by atoms with E-state index in [4.69, 9.17) is 9.47 Å². The lowest BCUT2D eigenvalue weighted by Crippen LogP contribution is -1.92. The van der Waals surface area contributed by atoms with Gasteiger partial charge >= 0.3 is 0 Å². The highest BCUT2D eigenvalue weighted by molar-refractivity contribution is 5.46. The molecule has 2 aromatic rings. The van der Waals surface area contributed by atoms with Crippen LogP contribution in [-0.2, 0) is 0 Å². The Labute approximate surface area is 115 Å². The predicted octanol–water partition coefficient (Wildman–Crippen LogP) is 3.80. The van der Waals surface area contributed by atoms with Gasteiger partial charge < -0.3 is 9.47 Å². The van der Waals surface area contributed by atoms with Gasteiger partial charge in [-0.1, -0.05) is 24.3 Å². The van der Waals surface area contributed by atoms with Gasteiger partial charge in [0.15, 0.2) is 0 Å². The number of methoxy groups -OCH3 is 2. The molecule has 0 amide bonds. The summed E-state index contributed by atoms with van der Waals surface area (Å²) < 4.78 is 10.5. The Bertz CT molecular complexity index is 522. The third-order valence-electron chi connectivity index (χ3n) is 3.08. The average Bonchev–Trinajstić information content (AvgIpc) is 2.39. The molecule has 0 fully saturated rings. The number of hydrogen-bond acceptors (Lipinski definition) is 2. The van der Waals surface area contributed by atoms with Crippen molar-refractivity contribution in [1.82, 2.24) is 0 Å². The van der Waals surface area contributed by atoms with Gasteiger partial charge in [0.25, 0.3) is 0 Å². The first-order valence-electron chi connectivity index (χ1n) is 6.20. The van der Waals surface area contributed by atoms with Crippen molar-refractivity contribution >= 4 is 0 Å². The quantitative estimate of drug-likeness (QED) is 0.826. The zero-order valence-corrected chi connectivity index (χ0v) is 11.8. The van der Waals surface area contributed by atoms with Crippen LogP contribution in [0, 0.1) is 20.3 Å². The second-order valence-corrected chi connectivity index (χ2v) is 4.49. The van der Waals surface area contributed by atoms with E-state index < -0.39 is 0 Å². The van der Waals surface area contributed by atoms with Crippen molar-refractivity contribution in [3.05, 3.63) is 65.1 Å². The molecule has 0 bridgehead atoms. The molecule has 0 atom stereocenters. The molecular formula is C17H18O2. The van der Waals surface area contributed by atoms with Crippen molar-refractivity contribution in [3.8, 4) is 11.5 Å². The van der Waals surface area contributed by atoms with E-state index in [1.807, 2.05) is 38.1 Å². The molecule has 98 valence electrons. The summed E-state index contributed by atoms with van der Waals surface area (Å²) in [4.78, 5) is 0. The first kappa shape index (κ1) is 13.5. The van der Waals surface area contributed by atoms with Crippen molar-refractivity contribution in [2.45, 2.75) is 13.8 Å².